The molecule has 0 saturated carbocycles. The van der Waals surface area contributed by atoms with Gasteiger partial charge in [0.15, 0.2) is 0 Å². The van der Waals surface area contributed by atoms with Gasteiger partial charge >= 0.3 is 12.2 Å². The third-order valence-electron chi connectivity index (χ3n) is 6.89. The summed E-state index contributed by atoms with van der Waals surface area (Å²) in [6.45, 7) is 6.07. The van der Waals surface area contributed by atoms with Gasteiger partial charge in [0, 0.05) is 51.7 Å². The van der Waals surface area contributed by atoms with E-state index in [0.29, 0.717) is 37.9 Å². The maximum atomic E-state index is 13.6. The molecule has 198 valence electrons. The van der Waals surface area contributed by atoms with Crippen molar-refractivity contribution in [2.24, 2.45) is 0 Å². The summed E-state index contributed by atoms with van der Waals surface area (Å²) in [6, 6.07) is 1.65. The van der Waals surface area contributed by atoms with E-state index in [1.165, 1.54) is 6.07 Å². The lowest BCUT2D eigenvalue weighted by molar-refractivity contribution is -0.137. The molecule has 2 aliphatic heterocycles. The summed E-state index contributed by atoms with van der Waals surface area (Å²) < 4.78 is 42.8. The van der Waals surface area contributed by atoms with E-state index in [4.69, 9.17) is 0 Å². The van der Waals surface area contributed by atoms with Crippen LogP contribution in [-0.2, 0) is 6.18 Å². The second-order valence-corrected chi connectivity index (χ2v) is 9.71. The van der Waals surface area contributed by atoms with Crippen LogP contribution in [0.4, 0.5) is 35.2 Å². The van der Waals surface area contributed by atoms with Gasteiger partial charge in [0.05, 0.1) is 28.7 Å². The number of amides is 2. The summed E-state index contributed by atoms with van der Waals surface area (Å²) in [5, 5.41) is 10.7. The zero-order valence-electron chi connectivity index (χ0n) is 21.1. The van der Waals surface area contributed by atoms with Crippen molar-refractivity contribution < 1.29 is 18.0 Å². The lowest BCUT2D eigenvalue weighted by Crippen LogP contribution is -2.47. The highest BCUT2D eigenvalue weighted by atomic mass is 19.4. The molecule has 2 aromatic rings. The topological polar surface area (TPSA) is 81.6 Å². The van der Waals surface area contributed by atoms with Crippen LogP contribution >= 0.6 is 0 Å². The molecular formula is C24H35F3N8O. The largest absolute Gasteiger partial charge is 0.419 e. The van der Waals surface area contributed by atoms with Crippen LogP contribution in [0.3, 0.4) is 0 Å². The minimum atomic E-state index is -4.53. The Hall–Kier alpha value is -3.02. The second-order valence-electron chi connectivity index (χ2n) is 9.71. The SMILES string of the molecule is Cc1nn(C2CCN(C)CC2)cc1Nc1cc(NCCCN2CCCN(C)C2=O)c(C(F)(F)F)cn1. The summed E-state index contributed by atoms with van der Waals surface area (Å²) in [5.74, 6) is 0.310. The van der Waals surface area contributed by atoms with Crippen LogP contribution in [0.1, 0.15) is 43.0 Å². The number of alkyl halides is 3. The third-order valence-corrected chi connectivity index (χ3v) is 6.89. The smallest absolute Gasteiger partial charge is 0.384 e. The number of likely N-dealkylation sites (tertiary alicyclic amines) is 1. The Morgan fingerprint density at radius 1 is 1.11 bits per heavy atom. The Labute approximate surface area is 209 Å². The molecule has 9 nitrogen and oxygen atoms in total. The number of halogens is 3. The molecule has 12 heteroatoms. The number of aromatic nitrogens is 3. The highest BCUT2D eigenvalue weighted by Crippen LogP contribution is 2.36. The number of carbonyl (C=O) groups excluding carboxylic acids is 1. The monoisotopic (exact) mass is 508 g/mol. The third kappa shape index (κ3) is 6.21. The van der Waals surface area contributed by atoms with Crippen molar-refractivity contribution >= 4 is 23.2 Å². The number of pyridine rings is 1. The molecule has 0 aromatic carbocycles. The summed E-state index contributed by atoms with van der Waals surface area (Å²) in [7, 11) is 3.86. The summed E-state index contributed by atoms with van der Waals surface area (Å²) in [6.07, 6.45) is 1.65. The van der Waals surface area contributed by atoms with Crippen molar-refractivity contribution in [2.75, 3.05) is 64.0 Å². The molecule has 0 atom stereocenters. The number of carbonyl (C=O) groups is 1. The number of rotatable bonds is 8. The van der Waals surface area contributed by atoms with Gasteiger partial charge in [-0.1, -0.05) is 0 Å². The molecule has 2 amide bonds. The molecule has 0 radical (unpaired) electrons. The van der Waals surface area contributed by atoms with Gasteiger partial charge < -0.3 is 25.3 Å². The second kappa shape index (κ2) is 10.9. The van der Waals surface area contributed by atoms with Crippen molar-refractivity contribution in [3.8, 4) is 0 Å². The average molecular weight is 509 g/mol. The number of nitrogens with zero attached hydrogens (tertiary/aromatic N) is 6. The number of aryl methyl sites for hydroxylation is 1. The molecule has 0 spiro atoms. The minimum absolute atomic E-state index is 0.0382. The number of hydrogen-bond acceptors (Lipinski definition) is 6. The molecule has 2 N–H and O–H groups in total. The van der Waals surface area contributed by atoms with Gasteiger partial charge in [-0.2, -0.15) is 18.3 Å². The summed E-state index contributed by atoms with van der Waals surface area (Å²) in [4.78, 5) is 21.9. The Morgan fingerprint density at radius 3 is 2.58 bits per heavy atom. The highest BCUT2D eigenvalue weighted by molar-refractivity contribution is 5.74. The first kappa shape index (κ1) is 26.1. The van der Waals surface area contributed by atoms with Crippen LogP contribution in [0.5, 0.6) is 0 Å². The average Bonchev–Trinajstić information content (AvgIpc) is 3.19. The molecular weight excluding hydrogens is 473 g/mol. The van der Waals surface area contributed by atoms with Gasteiger partial charge in [-0.25, -0.2) is 9.78 Å². The first-order valence-electron chi connectivity index (χ1n) is 12.4. The lowest BCUT2D eigenvalue weighted by atomic mass is 10.1. The quantitative estimate of drug-likeness (QED) is 0.521. The number of piperidine rings is 1. The van der Waals surface area contributed by atoms with E-state index in [1.54, 1.807) is 16.8 Å². The van der Waals surface area contributed by atoms with Crippen LogP contribution in [0.15, 0.2) is 18.5 Å². The summed E-state index contributed by atoms with van der Waals surface area (Å²) >= 11 is 0. The zero-order valence-corrected chi connectivity index (χ0v) is 21.1. The molecule has 0 bridgehead atoms. The lowest BCUT2D eigenvalue weighted by Gasteiger charge is -2.33. The Balaban J connectivity index is 1.42. The predicted molar refractivity (Wildman–Crippen MR) is 133 cm³/mol. The van der Waals surface area contributed by atoms with E-state index in [-0.39, 0.29) is 11.7 Å². The molecule has 2 aromatic heterocycles. The van der Waals surface area contributed by atoms with Crippen LogP contribution in [0.25, 0.3) is 0 Å². The van der Waals surface area contributed by atoms with Gasteiger partial charge in [0.1, 0.15) is 5.82 Å². The Morgan fingerprint density at radius 2 is 1.86 bits per heavy atom. The normalized spacial score (nSPS) is 18.1. The van der Waals surface area contributed by atoms with Crippen molar-refractivity contribution in [1.82, 2.24) is 29.5 Å². The highest BCUT2D eigenvalue weighted by Gasteiger charge is 2.34. The van der Waals surface area contributed by atoms with E-state index >= 15 is 0 Å². The fourth-order valence-electron chi connectivity index (χ4n) is 4.72. The number of urea groups is 1. The summed E-state index contributed by atoms with van der Waals surface area (Å²) in [5.41, 5.74) is 0.629. The van der Waals surface area contributed by atoms with Crippen molar-refractivity contribution in [1.29, 1.82) is 0 Å². The molecule has 0 unspecified atom stereocenters. The van der Waals surface area contributed by atoms with E-state index < -0.39 is 11.7 Å². The van der Waals surface area contributed by atoms with Crippen LogP contribution in [0.2, 0.25) is 0 Å². The number of anilines is 3. The molecule has 2 saturated heterocycles. The molecule has 2 fully saturated rings. The van der Waals surface area contributed by atoms with Gasteiger partial charge in [-0.3, -0.25) is 4.68 Å². The molecule has 36 heavy (non-hydrogen) atoms. The molecule has 4 rings (SSSR count). The van der Waals surface area contributed by atoms with Crippen molar-refractivity contribution in [3.63, 3.8) is 0 Å². The van der Waals surface area contributed by atoms with Gasteiger partial charge in [-0.15, -0.1) is 0 Å². The molecule has 0 aliphatic carbocycles. The van der Waals surface area contributed by atoms with E-state index in [2.05, 4.69) is 32.7 Å². The van der Waals surface area contributed by atoms with Gasteiger partial charge in [0.2, 0.25) is 0 Å². The van der Waals surface area contributed by atoms with E-state index in [0.717, 1.165) is 56.5 Å². The van der Waals surface area contributed by atoms with E-state index in [9.17, 15) is 18.0 Å². The van der Waals surface area contributed by atoms with E-state index in [1.807, 2.05) is 17.8 Å². The van der Waals surface area contributed by atoms with Crippen LogP contribution < -0.4 is 10.6 Å². The first-order chi connectivity index (χ1) is 17.1. The van der Waals surface area contributed by atoms with Gasteiger partial charge in [0.25, 0.3) is 0 Å². The minimum Gasteiger partial charge on any atom is -0.384 e. The van der Waals surface area contributed by atoms with Crippen molar-refractivity contribution in [2.45, 2.75) is 44.8 Å². The Bertz CT molecular complexity index is 1050. The molecule has 2 aliphatic rings. The fourth-order valence-corrected chi connectivity index (χ4v) is 4.72. The maximum Gasteiger partial charge on any atom is 0.419 e. The fraction of sp³-hybridized carbons (Fsp3) is 0.625. The molecule has 4 heterocycles. The van der Waals surface area contributed by atoms with Crippen LogP contribution in [0, 0.1) is 6.92 Å². The zero-order chi connectivity index (χ0) is 25.9. The van der Waals surface area contributed by atoms with Gasteiger partial charge in [-0.05, 0) is 52.7 Å². The standard InChI is InChI=1S/C24H35F3N8O/c1-17-21(16-35(31-17)18-6-12-32(2)13-7-18)30-22-14-20(19(15-29-22)24(25,26)27)28-8-4-10-34-11-5-9-33(3)23(34)36/h14-16,18H,4-13H2,1-3H3,(H2,28,29,30). The first-order valence-corrected chi connectivity index (χ1v) is 12.4. The number of hydrogen-bond donors (Lipinski definition) is 2. The number of nitrogens with one attached hydrogen (secondary N) is 2. The Kier molecular flexibility index (Phi) is 7.91. The maximum absolute atomic E-state index is 13.6. The van der Waals surface area contributed by atoms with Crippen molar-refractivity contribution in [3.05, 3.63) is 29.7 Å². The predicted octanol–water partition coefficient (Wildman–Crippen LogP) is 4.18. The van der Waals surface area contributed by atoms with Crippen LogP contribution in [-0.4, -0.2) is 88.9 Å².